The predicted molar refractivity (Wildman–Crippen MR) is 127 cm³/mol. The van der Waals surface area contributed by atoms with Gasteiger partial charge in [0.2, 0.25) is 5.78 Å². The number of hydrogen-bond donors (Lipinski definition) is 3. The zero-order chi connectivity index (χ0) is 22.5. The van der Waals surface area contributed by atoms with Gasteiger partial charge in [0, 0.05) is 17.3 Å². The molecule has 0 bridgehead atoms. The minimum atomic E-state index is -0.387. The third-order valence-corrected chi connectivity index (χ3v) is 6.54. The van der Waals surface area contributed by atoms with E-state index >= 15 is 0 Å². The van der Waals surface area contributed by atoms with Gasteiger partial charge in [-0.2, -0.15) is 0 Å². The highest BCUT2D eigenvalue weighted by molar-refractivity contribution is 7.18. The molecule has 1 atom stereocenters. The second-order valence-electron chi connectivity index (χ2n) is 7.80. The number of halogens is 1. The molecule has 168 valence electrons. The van der Waals surface area contributed by atoms with Crippen molar-refractivity contribution in [3.63, 3.8) is 0 Å². The van der Waals surface area contributed by atoms with Crippen molar-refractivity contribution >= 4 is 33.8 Å². The van der Waals surface area contributed by atoms with Crippen molar-refractivity contribution < 1.29 is 13.9 Å². The summed E-state index contributed by atoms with van der Waals surface area (Å²) in [6.45, 7) is 3.64. The average molecular weight is 455 g/mol. The molecule has 0 amide bonds. The number of nitrogens with two attached hydrogens (primary N) is 1. The van der Waals surface area contributed by atoms with Crippen molar-refractivity contribution in [2.45, 2.75) is 38.6 Å². The van der Waals surface area contributed by atoms with Crippen LogP contribution >= 0.6 is 11.3 Å². The summed E-state index contributed by atoms with van der Waals surface area (Å²) in [5.41, 5.74) is 7.62. The van der Waals surface area contributed by atoms with Gasteiger partial charge in [-0.15, -0.1) is 0 Å². The lowest BCUT2D eigenvalue weighted by Gasteiger charge is -2.11. The van der Waals surface area contributed by atoms with E-state index in [-0.39, 0.29) is 27.9 Å². The summed E-state index contributed by atoms with van der Waals surface area (Å²) in [5, 5.41) is 7.13. The SMILES string of the molecule is CCc1ccc(C(=O)c2sc(Nc3ccc(OCCC4CCCN4)cc3)nc2N)cc1F. The van der Waals surface area contributed by atoms with E-state index < -0.39 is 0 Å². The Bertz CT molecular complexity index is 1080. The molecule has 1 saturated heterocycles. The Morgan fingerprint density at radius 2 is 2.12 bits per heavy atom. The van der Waals surface area contributed by atoms with Gasteiger partial charge in [0.15, 0.2) is 5.13 Å². The first-order valence-corrected chi connectivity index (χ1v) is 11.7. The fourth-order valence-corrected chi connectivity index (χ4v) is 4.60. The number of benzene rings is 2. The van der Waals surface area contributed by atoms with E-state index in [0.29, 0.717) is 29.8 Å². The van der Waals surface area contributed by atoms with Crippen LogP contribution in [0.4, 0.5) is 21.0 Å². The van der Waals surface area contributed by atoms with E-state index in [9.17, 15) is 9.18 Å². The quantitative estimate of drug-likeness (QED) is 0.398. The number of carbonyl (C=O) groups excluding carboxylic acids is 1. The molecule has 0 saturated carbocycles. The minimum absolute atomic E-state index is 0.128. The highest BCUT2D eigenvalue weighted by Gasteiger charge is 2.19. The molecule has 0 spiro atoms. The van der Waals surface area contributed by atoms with Gasteiger partial charge < -0.3 is 21.1 Å². The maximum Gasteiger partial charge on any atom is 0.206 e. The summed E-state index contributed by atoms with van der Waals surface area (Å²) in [6.07, 6.45) is 4.02. The standard InChI is InChI=1S/C24H27FN4O2S/c1-2-15-5-6-16(14-20(15)25)21(30)22-23(26)29-24(32-22)28-18-7-9-19(10-8-18)31-13-11-17-4-3-12-27-17/h5-10,14,17,27H,2-4,11-13,26H2,1H3,(H,28,29). The zero-order valence-corrected chi connectivity index (χ0v) is 18.8. The zero-order valence-electron chi connectivity index (χ0n) is 18.0. The van der Waals surface area contributed by atoms with Crippen LogP contribution in [0.1, 0.15) is 47.0 Å². The number of nitrogens with zero attached hydrogens (tertiary/aromatic N) is 1. The van der Waals surface area contributed by atoms with Gasteiger partial charge in [-0.1, -0.05) is 30.4 Å². The molecule has 3 aromatic rings. The third kappa shape index (κ3) is 5.26. The molecule has 4 rings (SSSR count). The summed E-state index contributed by atoms with van der Waals surface area (Å²) in [6, 6.07) is 12.6. The smallest absolute Gasteiger partial charge is 0.206 e. The molecule has 6 nitrogen and oxygen atoms in total. The molecule has 8 heteroatoms. The maximum absolute atomic E-state index is 14.1. The Morgan fingerprint density at radius 3 is 2.81 bits per heavy atom. The van der Waals surface area contributed by atoms with Crippen LogP contribution < -0.4 is 21.1 Å². The predicted octanol–water partition coefficient (Wildman–Crippen LogP) is 4.92. The Morgan fingerprint density at radius 1 is 1.31 bits per heavy atom. The van der Waals surface area contributed by atoms with Crippen LogP contribution in [0.15, 0.2) is 42.5 Å². The molecule has 32 heavy (non-hydrogen) atoms. The average Bonchev–Trinajstić information content (AvgIpc) is 3.44. The number of thiazole rings is 1. The number of nitrogens with one attached hydrogen (secondary N) is 2. The summed E-state index contributed by atoms with van der Waals surface area (Å²) in [5.74, 6) is 0.209. The molecule has 2 aromatic carbocycles. The number of carbonyl (C=O) groups is 1. The number of hydrogen-bond acceptors (Lipinski definition) is 7. The molecule has 1 aromatic heterocycles. The molecule has 4 N–H and O–H groups in total. The van der Waals surface area contributed by atoms with Crippen molar-refractivity contribution in [1.29, 1.82) is 0 Å². The number of anilines is 3. The Kier molecular flexibility index (Phi) is 7.02. The fourth-order valence-electron chi connectivity index (χ4n) is 3.73. The molecule has 2 heterocycles. The largest absolute Gasteiger partial charge is 0.494 e. The topological polar surface area (TPSA) is 89.3 Å². The molecule has 1 fully saturated rings. The van der Waals surface area contributed by atoms with E-state index in [0.717, 1.165) is 35.7 Å². The Hall–Kier alpha value is -2.97. The molecular formula is C24H27FN4O2S. The van der Waals surface area contributed by atoms with Crippen LogP contribution in [0.3, 0.4) is 0 Å². The summed E-state index contributed by atoms with van der Waals surface area (Å²) in [4.78, 5) is 17.3. The number of nitrogen functional groups attached to an aromatic ring is 1. The first-order chi connectivity index (χ1) is 15.5. The van der Waals surface area contributed by atoms with Crippen LogP contribution in [-0.2, 0) is 6.42 Å². The lowest BCUT2D eigenvalue weighted by molar-refractivity contribution is 0.104. The second kappa shape index (κ2) is 10.1. The highest BCUT2D eigenvalue weighted by atomic mass is 32.1. The van der Waals surface area contributed by atoms with E-state index in [1.165, 1.54) is 18.9 Å². The van der Waals surface area contributed by atoms with Crippen LogP contribution in [0.5, 0.6) is 5.75 Å². The maximum atomic E-state index is 14.1. The molecule has 1 unspecified atom stereocenters. The third-order valence-electron chi connectivity index (χ3n) is 5.56. The van der Waals surface area contributed by atoms with Gasteiger partial charge >= 0.3 is 0 Å². The van der Waals surface area contributed by atoms with Gasteiger partial charge in [0.25, 0.3) is 0 Å². The minimum Gasteiger partial charge on any atom is -0.494 e. The number of aryl methyl sites for hydroxylation is 1. The van der Waals surface area contributed by atoms with Crippen molar-refractivity contribution in [3.8, 4) is 5.75 Å². The van der Waals surface area contributed by atoms with Gasteiger partial charge in [0.05, 0.1) is 6.61 Å². The number of rotatable bonds is 9. The van der Waals surface area contributed by atoms with Gasteiger partial charge in [-0.3, -0.25) is 4.79 Å². The van der Waals surface area contributed by atoms with Crippen molar-refractivity contribution in [2.24, 2.45) is 0 Å². The van der Waals surface area contributed by atoms with Gasteiger partial charge in [0.1, 0.15) is 22.3 Å². The monoisotopic (exact) mass is 454 g/mol. The lowest BCUT2D eigenvalue weighted by Crippen LogP contribution is -2.23. The lowest BCUT2D eigenvalue weighted by atomic mass is 10.1. The highest BCUT2D eigenvalue weighted by Crippen LogP contribution is 2.30. The van der Waals surface area contributed by atoms with Crippen LogP contribution in [-0.4, -0.2) is 30.0 Å². The normalized spacial score (nSPS) is 15.6. The van der Waals surface area contributed by atoms with Crippen LogP contribution in [0, 0.1) is 5.82 Å². The van der Waals surface area contributed by atoms with E-state index in [1.807, 2.05) is 31.2 Å². The fraction of sp³-hybridized carbons (Fsp3) is 0.333. The van der Waals surface area contributed by atoms with E-state index in [2.05, 4.69) is 15.6 Å². The Labute approximate surface area is 191 Å². The summed E-state index contributed by atoms with van der Waals surface area (Å²) in [7, 11) is 0. The van der Waals surface area contributed by atoms with Crippen molar-refractivity contribution in [3.05, 3.63) is 64.3 Å². The number of aromatic nitrogens is 1. The van der Waals surface area contributed by atoms with Gasteiger partial charge in [-0.05, 0) is 68.1 Å². The van der Waals surface area contributed by atoms with Crippen molar-refractivity contribution in [1.82, 2.24) is 10.3 Å². The molecule has 1 aliphatic heterocycles. The summed E-state index contributed by atoms with van der Waals surface area (Å²) < 4.78 is 19.9. The van der Waals surface area contributed by atoms with Gasteiger partial charge in [-0.25, -0.2) is 9.37 Å². The Balaban J connectivity index is 1.37. The van der Waals surface area contributed by atoms with E-state index in [4.69, 9.17) is 10.5 Å². The summed E-state index contributed by atoms with van der Waals surface area (Å²) >= 11 is 1.15. The number of ether oxygens (including phenoxy) is 1. The first-order valence-electron chi connectivity index (χ1n) is 10.9. The molecule has 0 radical (unpaired) electrons. The second-order valence-corrected chi connectivity index (χ2v) is 8.80. The molecule has 0 aliphatic carbocycles. The first kappa shape index (κ1) is 22.2. The van der Waals surface area contributed by atoms with E-state index in [1.54, 1.807) is 12.1 Å². The van der Waals surface area contributed by atoms with Crippen LogP contribution in [0.2, 0.25) is 0 Å². The van der Waals surface area contributed by atoms with Crippen molar-refractivity contribution in [2.75, 3.05) is 24.2 Å². The van der Waals surface area contributed by atoms with Crippen LogP contribution in [0.25, 0.3) is 0 Å². The molecular weight excluding hydrogens is 427 g/mol. The molecule has 1 aliphatic rings. The number of ketones is 1.